The number of rotatable bonds is 22. The number of ether oxygens (including phenoxy) is 15. The molecule has 0 spiro atoms. The number of carbonyl (C=O) groups excluding carboxylic acids is 5. The van der Waals surface area contributed by atoms with Crippen molar-refractivity contribution in [3.8, 4) is 0 Å². The van der Waals surface area contributed by atoms with Crippen molar-refractivity contribution in [2.24, 2.45) is 0 Å². The lowest BCUT2D eigenvalue weighted by Crippen LogP contribution is -2.57. The molecule has 20 nitrogen and oxygen atoms in total. The van der Waals surface area contributed by atoms with Crippen LogP contribution in [0.15, 0.2) is 60.7 Å². The summed E-state index contributed by atoms with van der Waals surface area (Å²) in [6.07, 6.45) is -15.4. The van der Waals surface area contributed by atoms with Crippen molar-refractivity contribution >= 4 is 29.8 Å². The maximum absolute atomic E-state index is 13.1. The Bertz CT molecular complexity index is 1850. The summed E-state index contributed by atoms with van der Waals surface area (Å²) in [5, 5.41) is 0. The van der Waals surface area contributed by atoms with Crippen molar-refractivity contribution in [2.45, 2.75) is 167 Å². The van der Waals surface area contributed by atoms with E-state index in [2.05, 4.69) is 0 Å². The van der Waals surface area contributed by atoms with Gasteiger partial charge in [-0.25, -0.2) is 0 Å². The van der Waals surface area contributed by atoms with E-state index < -0.39 is 128 Å². The highest BCUT2D eigenvalue weighted by atomic mass is 16.9. The highest BCUT2D eigenvalue weighted by Crippen LogP contribution is 2.41. The zero-order valence-corrected chi connectivity index (χ0v) is 38.5. The Labute approximate surface area is 382 Å². The van der Waals surface area contributed by atoms with Gasteiger partial charge in [-0.3, -0.25) is 24.0 Å². The van der Waals surface area contributed by atoms with Crippen molar-refractivity contribution in [1.82, 2.24) is 0 Å². The topological polar surface area (TPSA) is 224 Å². The molecule has 0 bridgehead atoms. The normalized spacial score (nSPS) is 27.8. The Morgan fingerprint density at radius 1 is 0.530 bits per heavy atom. The quantitative estimate of drug-likeness (QED) is 0.0935. The monoisotopic (exact) mass is 932 g/mol. The van der Waals surface area contributed by atoms with Crippen LogP contribution in [0.2, 0.25) is 0 Å². The molecule has 0 unspecified atom stereocenters. The summed E-state index contributed by atoms with van der Waals surface area (Å²) in [6, 6.07) is 18.9. The molecule has 364 valence electrons. The van der Waals surface area contributed by atoms with Crippen LogP contribution in [0.25, 0.3) is 0 Å². The van der Waals surface area contributed by atoms with Gasteiger partial charge in [0.1, 0.15) is 43.2 Å². The van der Waals surface area contributed by atoms with Crippen molar-refractivity contribution in [3.63, 3.8) is 0 Å². The largest absolute Gasteiger partial charge is 0.462 e. The molecule has 4 aliphatic heterocycles. The molecule has 0 aromatic heterocycles. The number of hydrogen-bond donors (Lipinski definition) is 0. The van der Waals surface area contributed by atoms with Crippen LogP contribution in [0, 0.1) is 0 Å². The fourth-order valence-electron chi connectivity index (χ4n) is 8.05. The standard InChI is InChI=1S/C46H60O20/c1-25(47)52-22-34(57-26(2)48)37(58-27(3)49)38(59-28(4)50)39(60-29(5)51)42(55-23-32-35(53-20-30-16-12-10-13-17-30)40-43(61-32)65-45(6,7)63-40)56-24-33-36(54-21-31-18-14-11-15-19-31)41-44(62-33)66-46(8,9)64-41/h10-19,32-44H,20-24H2,1-9H3/t32-,33-,34+,35+,36+,37-,38-,39+,40-,41-,43-,44-/m1/s1. The van der Waals surface area contributed by atoms with Gasteiger partial charge in [-0.05, 0) is 38.8 Å². The van der Waals surface area contributed by atoms with Crippen LogP contribution in [0.5, 0.6) is 0 Å². The second-order valence-corrected chi connectivity index (χ2v) is 17.0. The predicted molar refractivity (Wildman–Crippen MR) is 222 cm³/mol. The lowest BCUT2D eigenvalue weighted by Gasteiger charge is -2.38. The Balaban J connectivity index is 1.35. The fraction of sp³-hybridized carbons (Fsp3) is 0.630. The molecule has 66 heavy (non-hydrogen) atoms. The van der Waals surface area contributed by atoms with Gasteiger partial charge < -0.3 is 71.1 Å². The lowest BCUT2D eigenvalue weighted by atomic mass is 10.0. The molecule has 12 atom stereocenters. The van der Waals surface area contributed by atoms with Crippen LogP contribution in [0.4, 0.5) is 0 Å². The maximum atomic E-state index is 13.1. The van der Waals surface area contributed by atoms with Gasteiger partial charge in [-0.2, -0.15) is 0 Å². The van der Waals surface area contributed by atoms with Gasteiger partial charge in [0.15, 0.2) is 54.9 Å². The van der Waals surface area contributed by atoms with E-state index in [1.807, 2.05) is 60.7 Å². The number of esters is 5. The van der Waals surface area contributed by atoms with Crippen molar-refractivity contribution < 1.29 is 95.0 Å². The third kappa shape index (κ3) is 14.0. The van der Waals surface area contributed by atoms with Gasteiger partial charge in [-0.15, -0.1) is 0 Å². The van der Waals surface area contributed by atoms with Crippen LogP contribution < -0.4 is 0 Å². The van der Waals surface area contributed by atoms with E-state index >= 15 is 0 Å². The lowest BCUT2D eigenvalue weighted by molar-refractivity contribution is -0.276. The Morgan fingerprint density at radius 3 is 1.35 bits per heavy atom. The van der Waals surface area contributed by atoms with Crippen LogP contribution >= 0.6 is 0 Å². The summed E-state index contributed by atoms with van der Waals surface area (Å²) >= 11 is 0. The minimum absolute atomic E-state index is 0.166. The van der Waals surface area contributed by atoms with E-state index in [1.54, 1.807) is 27.7 Å². The van der Waals surface area contributed by atoms with Gasteiger partial charge in [0, 0.05) is 34.6 Å². The Kier molecular flexibility index (Phi) is 17.3. The van der Waals surface area contributed by atoms with Crippen molar-refractivity contribution in [1.29, 1.82) is 0 Å². The molecular formula is C46H60O20. The van der Waals surface area contributed by atoms with Crippen molar-refractivity contribution in [3.05, 3.63) is 71.8 Å². The highest BCUT2D eigenvalue weighted by molar-refractivity contribution is 5.69. The molecule has 4 aliphatic rings. The first-order chi connectivity index (χ1) is 31.3. The molecule has 2 aromatic rings. The van der Waals surface area contributed by atoms with E-state index in [-0.39, 0.29) is 26.4 Å². The zero-order chi connectivity index (χ0) is 47.8. The highest BCUT2D eigenvalue weighted by Gasteiger charge is 2.58. The van der Waals surface area contributed by atoms with Crippen LogP contribution in [0.3, 0.4) is 0 Å². The van der Waals surface area contributed by atoms with E-state index in [9.17, 15) is 24.0 Å². The summed E-state index contributed by atoms with van der Waals surface area (Å²) in [6.45, 7) is 11.3. The number of fused-ring (bicyclic) bond motifs is 2. The van der Waals surface area contributed by atoms with Crippen LogP contribution in [-0.2, 0) is 108 Å². The Hall–Kier alpha value is -4.61. The minimum atomic E-state index is -1.86. The molecule has 0 radical (unpaired) electrons. The summed E-state index contributed by atoms with van der Waals surface area (Å²) < 4.78 is 91.1. The second-order valence-electron chi connectivity index (χ2n) is 17.0. The first-order valence-electron chi connectivity index (χ1n) is 21.7. The third-order valence-electron chi connectivity index (χ3n) is 10.6. The zero-order valence-electron chi connectivity index (χ0n) is 38.5. The SMILES string of the molecule is CC(=O)OC[C@H](OC(C)=O)[C@@H](OC(C)=O)[C@@H](OC(C)=O)[C@H](OC(C)=O)C(OC[C@H]1O[C@@H]2OC(C)(C)O[C@@H]2[C@H]1OCc1ccccc1)OC[C@H]1O[C@@H]2OC(C)(C)O[C@@H]2[C@H]1OCc1ccccc1. The van der Waals surface area contributed by atoms with Gasteiger partial charge >= 0.3 is 29.8 Å². The first kappa shape index (κ1) is 50.8. The Morgan fingerprint density at radius 2 is 0.939 bits per heavy atom. The molecule has 6 rings (SSSR count). The number of hydrogen-bond acceptors (Lipinski definition) is 20. The summed E-state index contributed by atoms with van der Waals surface area (Å²) in [7, 11) is 0. The van der Waals surface area contributed by atoms with Gasteiger partial charge in [-0.1, -0.05) is 60.7 Å². The molecule has 2 aromatic carbocycles. The molecule has 20 heteroatoms. The van der Waals surface area contributed by atoms with E-state index in [0.29, 0.717) is 0 Å². The van der Waals surface area contributed by atoms with Crippen LogP contribution in [0.1, 0.15) is 73.4 Å². The fourth-order valence-corrected chi connectivity index (χ4v) is 8.05. The molecule has 0 amide bonds. The van der Waals surface area contributed by atoms with E-state index in [0.717, 1.165) is 45.7 Å². The molecule has 4 saturated heterocycles. The smallest absolute Gasteiger partial charge is 0.303 e. The molecule has 4 heterocycles. The first-order valence-corrected chi connectivity index (χ1v) is 21.7. The van der Waals surface area contributed by atoms with E-state index in [1.165, 1.54) is 0 Å². The van der Waals surface area contributed by atoms with Gasteiger partial charge in [0.2, 0.25) is 0 Å². The summed E-state index contributed by atoms with van der Waals surface area (Å²) in [4.78, 5) is 63.4. The number of carbonyl (C=O) groups is 5. The maximum Gasteiger partial charge on any atom is 0.303 e. The minimum Gasteiger partial charge on any atom is -0.462 e. The van der Waals surface area contributed by atoms with Gasteiger partial charge in [0.05, 0.1) is 26.4 Å². The molecular weight excluding hydrogens is 872 g/mol. The van der Waals surface area contributed by atoms with Gasteiger partial charge in [0.25, 0.3) is 0 Å². The molecule has 4 fully saturated rings. The summed E-state index contributed by atoms with van der Waals surface area (Å²) in [5.74, 6) is -6.46. The molecule has 0 aliphatic carbocycles. The third-order valence-corrected chi connectivity index (χ3v) is 10.6. The van der Waals surface area contributed by atoms with Crippen molar-refractivity contribution in [2.75, 3.05) is 19.8 Å². The number of benzene rings is 2. The average Bonchev–Trinajstić information content (AvgIpc) is 3.92. The van der Waals surface area contributed by atoms with E-state index in [4.69, 9.17) is 71.1 Å². The predicted octanol–water partition coefficient (Wildman–Crippen LogP) is 3.56. The van der Waals surface area contributed by atoms with Crippen LogP contribution in [-0.4, -0.2) is 141 Å². The second kappa shape index (κ2) is 22.5. The molecule has 0 N–H and O–H groups in total. The molecule has 0 saturated carbocycles. The average molecular weight is 933 g/mol. The summed E-state index contributed by atoms with van der Waals surface area (Å²) in [5.41, 5.74) is 1.74.